The van der Waals surface area contributed by atoms with Gasteiger partial charge in [0.05, 0.1) is 17.4 Å². The van der Waals surface area contributed by atoms with Gasteiger partial charge >= 0.3 is 0 Å². The van der Waals surface area contributed by atoms with Crippen molar-refractivity contribution in [1.82, 2.24) is 10.2 Å². The molecule has 1 unspecified atom stereocenters. The van der Waals surface area contributed by atoms with E-state index < -0.39 is 0 Å². The summed E-state index contributed by atoms with van der Waals surface area (Å²) in [6.07, 6.45) is 2.33. The lowest BCUT2D eigenvalue weighted by Crippen LogP contribution is -2.22. The summed E-state index contributed by atoms with van der Waals surface area (Å²) in [5, 5.41) is 11.3. The predicted molar refractivity (Wildman–Crippen MR) is 107 cm³/mol. The Kier molecular flexibility index (Phi) is 8.35. The highest BCUT2D eigenvalue weighted by molar-refractivity contribution is 8.03. The number of nitrogens with one attached hydrogen (secondary N) is 1. The minimum Gasteiger partial charge on any atom is -0.495 e. The highest BCUT2D eigenvalue weighted by Gasteiger charge is 2.18. The van der Waals surface area contributed by atoms with Gasteiger partial charge in [-0.25, -0.2) is 0 Å². The van der Waals surface area contributed by atoms with Crippen molar-refractivity contribution in [2.24, 2.45) is 0 Å². The molecule has 0 saturated carbocycles. The molecule has 0 radical (unpaired) electrons. The second-order valence-electron chi connectivity index (χ2n) is 5.13. The Morgan fingerprint density at radius 2 is 2.16 bits per heavy atom. The van der Waals surface area contributed by atoms with Crippen LogP contribution in [0.1, 0.15) is 26.7 Å². The lowest BCUT2D eigenvalue weighted by atomic mass is 10.3. The summed E-state index contributed by atoms with van der Waals surface area (Å²) in [5.41, 5.74) is 0.635. The fourth-order valence-corrected chi connectivity index (χ4v) is 5.38. The first-order valence-electron chi connectivity index (χ1n) is 7.80. The van der Waals surface area contributed by atoms with Gasteiger partial charge in [0.15, 0.2) is 8.68 Å². The first kappa shape index (κ1) is 20.4. The average Bonchev–Trinajstić information content (AvgIpc) is 3.02. The van der Waals surface area contributed by atoms with Gasteiger partial charge in [-0.1, -0.05) is 59.8 Å². The monoisotopic (exact) mass is 417 g/mol. The van der Waals surface area contributed by atoms with E-state index in [1.807, 2.05) is 6.92 Å². The summed E-state index contributed by atoms with van der Waals surface area (Å²) >= 11 is 10.7. The van der Waals surface area contributed by atoms with Crippen LogP contribution in [0.2, 0.25) is 5.02 Å². The molecule has 1 heterocycles. The normalized spacial score (nSPS) is 12.0. The smallest absolute Gasteiger partial charge is 0.237 e. The van der Waals surface area contributed by atoms with E-state index >= 15 is 0 Å². The van der Waals surface area contributed by atoms with Crippen LogP contribution in [0, 0.1) is 0 Å². The molecule has 0 saturated heterocycles. The number of anilines is 1. The Balaban J connectivity index is 1.88. The molecule has 1 atom stereocenters. The molecule has 1 amide bonds. The summed E-state index contributed by atoms with van der Waals surface area (Å²) in [4.78, 5) is 12.3. The van der Waals surface area contributed by atoms with Crippen LogP contribution in [0.4, 0.5) is 5.69 Å². The molecule has 0 aliphatic heterocycles. The van der Waals surface area contributed by atoms with Gasteiger partial charge in [-0.2, -0.15) is 0 Å². The van der Waals surface area contributed by atoms with E-state index in [9.17, 15) is 4.79 Å². The zero-order valence-electron chi connectivity index (χ0n) is 14.2. The van der Waals surface area contributed by atoms with Crippen molar-refractivity contribution in [2.75, 3.05) is 18.2 Å². The van der Waals surface area contributed by atoms with Crippen LogP contribution in [0.15, 0.2) is 26.9 Å². The van der Waals surface area contributed by atoms with E-state index in [0.29, 0.717) is 16.5 Å². The lowest BCUT2D eigenvalue weighted by Gasteiger charge is -2.11. The summed E-state index contributed by atoms with van der Waals surface area (Å²) in [5.74, 6) is 1.51. The van der Waals surface area contributed by atoms with Crippen LogP contribution < -0.4 is 10.1 Å². The SMILES string of the molecule is CCCCSc1nnc(SC(C)C(=O)Nc2ccc(OC)c(Cl)c2)s1. The van der Waals surface area contributed by atoms with Gasteiger partial charge in [-0.05, 0) is 31.5 Å². The van der Waals surface area contributed by atoms with Crippen LogP contribution in [-0.2, 0) is 4.79 Å². The van der Waals surface area contributed by atoms with Gasteiger partial charge in [-0.3, -0.25) is 4.79 Å². The molecule has 136 valence electrons. The number of benzene rings is 1. The van der Waals surface area contributed by atoms with Gasteiger partial charge in [0.1, 0.15) is 5.75 Å². The Labute approximate surface area is 165 Å². The number of hydrogen-bond acceptors (Lipinski definition) is 7. The van der Waals surface area contributed by atoms with E-state index in [1.165, 1.54) is 29.5 Å². The van der Waals surface area contributed by atoms with Crippen molar-refractivity contribution in [3.05, 3.63) is 23.2 Å². The third kappa shape index (κ3) is 6.36. The van der Waals surface area contributed by atoms with Crippen molar-refractivity contribution in [2.45, 2.75) is 40.6 Å². The minimum atomic E-state index is -0.290. The summed E-state index contributed by atoms with van der Waals surface area (Å²) < 4.78 is 6.85. The molecule has 2 aromatic rings. The maximum atomic E-state index is 12.3. The number of methoxy groups -OCH3 is 1. The molecule has 1 N–H and O–H groups in total. The molecule has 0 aliphatic rings. The predicted octanol–water partition coefficient (Wildman–Crippen LogP) is 5.21. The molecule has 0 bridgehead atoms. The van der Waals surface area contributed by atoms with Gasteiger partial charge in [0, 0.05) is 11.4 Å². The van der Waals surface area contributed by atoms with Gasteiger partial charge in [0.25, 0.3) is 0 Å². The molecule has 1 aromatic heterocycles. The number of rotatable bonds is 9. The summed E-state index contributed by atoms with van der Waals surface area (Å²) in [6.45, 7) is 4.01. The second kappa shape index (κ2) is 10.3. The number of halogens is 1. The number of hydrogen-bond donors (Lipinski definition) is 1. The molecule has 0 fully saturated rings. The van der Waals surface area contributed by atoms with Crippen LogP contribution in [0.25, 0.3) is 0 Å². The molecule has 1 aromatic carbocycles. The second-order valence-corrected chi connectivity index (χ2v) is 9.45. The lowest BCUT2D eigenvalue weighted by molar-refractivity contribution is -0.115. The Morgan fingerprint density at radius 1 is 1.40 bits per heavy atom. The summed E-state index contributed by atoms with van der Waals surface area (Å²) in [6, 6.07) is 5.15. The molecule has 2 rings (SSSR count). The number of unbranched alkanes of at least 4 members (excludes halogenated alkanes) is 1. The summed E-state index contributed by atoms with van der Waals surface area (Å²) in [7, 11) is 1.55. The van der Waals surface area contributed by atoms with Crippen molar-refractivity contribution < 1.29 is 9.53 Å². The topological polar surface area (TPSA) is 64.1 Å². The van der Waals surface area contributed by atoms with Gasteiger partial charge in [-0.15, -0.1) is 10.2 Å². The van der Waals surface area contributed by atoms with Gasteiger partial charge < -0.3 is 10.1 Å². The fraction of sp³-hybridized carbons (Fsp3) is 0.438. The Morgan fingerprint density at radius 3 is 2.84 bits per heavy atom. The van der Waals surface area contributed by atoms with E-state index in [2.05, 4.69) is 22.4 Å². The standard InChI is InChI=1S/C16H20ClN3O2S3/c1-4-5-8-23-15-19-20-16(25-15)24-10(2)14(21)18-11-6-7-13(22-3)12(17)9-11/h6-7,9-10H,4-5,8H2,1-3H3,(H,18,21). The van der Waals surface area contributed by atoms with Crippen LogP contribution >= 0.6 is 46.5 Å². The van der Waals surface area contributed by atoms with E-state index in [1.54, 1.807) is 37.1 Å². The van der Waals surface area contributed by atoms with Crippen LogP contribution in [0.3, 0.4) is 0 Å². The maximum Gasteiger partial charge on any atom is 0.237 e. The third-order valence-corrected chi connectivity index (χ3v) is 6.80. The molecule has 5 nitrogen and oxygen atoms in total. The fourth-order valence-electron chi connectivity index (χ4n) is 1.80. The average molecular weight is 418 g/mol. The molecular weight excluding hydrogens is 398 g/mol. The van der Waals surface area contributed by atoms with E-state index in [-0.39, 0.29) is 11.2 Å². The number of aromatic nitrogens is 2. The molecule has 9 heteroatoms. The number of amides is 1. The number of nitrogens with zero attached hydrogens (tertiary/aromatic N) is 2. The van der Waals surface area contributed by atoms with Gasteiger partial charge in [0.2, 0.25) is 5.91 Å². The largest absolute Gasteiger partial charge is 0.495 e. The third-order valence-electron chi connectivity index (χ3n) is 3.18. The Hall–Kier alpha value is -0.960. The zero-order valence-corrected chi connectivity index (χ0v) is 17.4. The highest BCUT2D eigenvalue weighted by atomic mass is 35.5. The van der Waals surface area contributed by atoms with Crippen molar-refractivity contribution in [3.8, 4) is 5.75 Å². The number of ether oxygens (including phenoxy) is 1. The quantitative estimate of drug-likeness (QED) is 0.446. The van der Waals surface area contributed by atoms with Crippen molar-refractivity contribution in [3.63, 3.8) is 0 Å². The zero-order chi connectivity index (χ0) is 18.2. The van der Waals surface area contributed by atoms with Crippen LogP contribution in [0.5, 0.6) is 5.75 Å². The molecule has 0 aliphatic carbocycles. The van der Waals surface area contributed by atoms with Crippen molar-refractivity contribution >= 4 is 58.1 Å². The maximum absolute atomic E-state index is 12.3. The minimum absolute atomic E-state index is 0.110. The number of carbonyl (C=O) groups excluding carboxylic acids is 1. The number of thioether (sulfide) groups is 2. The van der Waals surface area contributed by atoms with E-state index in [0.717, 1.165) is 20.9 Å². The van der Waals surface area contributed by atoms with Crippen LogP contribution in [-0.4, -0.2) is 34.2 Å². The molecular formula is C16H20ClN3O2S3. The first-order valence-corrected chi connectivity index (χ1v) is 10.9. The Bertz CT molecular complexity index is 712. The molecule has 25 heavy (non-hydrogen) atoms. The molecule has 0 spiro atoms. The number of carbonyl (C=O) groups is 1. The van der Waals surface area contributed by atoms with E-state index in [4.69, 9.17) is 16.3 Å². The van der Waals surface area contributed by atoms with Crippen molar-refractivity contribution in [1.29, 1.82) is 0 Å². The highest BCUT2D eigenvalue weighted by Crippen LogP contribution is 2.32. The first-order chi connectivity index (χ1) is 12.0.